The number of hydrogen-bond donors (Lipinski definition) is 2. The largest absolute Gasteiger partial charge is 0.346 e. The molecule has 0 fully saturated rings. The Balaban J connectivity index is 2.76. The van der Waals surface area contributed by atoms with Crippen molar-refractivity contribution in [3.63, 3.8) is 0 Å². The van der Waals surface area contributed by atoms with Crippen LogP contribution in [0.4, 0.5) is 4.79 Å². The Kier molecular flexibility index (Phi) is 4.42. The average molecular weight is 237 g/mol. The van der Waals surface area contributed by atoms with E-state index in [9.17, 15) is 4.79 Å². The zero-order valence-electron chi connectivity index (χ0n) is 10.1. The number of amides is 1. The number of rotatable bonds is 4. The highest BCUT2D eigenvalue weighted by Crippen LogP contribution is 2.22. The molecule has 0 radical (unpaired) electrons. The van der Waals surface area contributed by atoms with E-state index in [1.54, 1.807) is 0 Å². The summed E-state index contributed by atoms with van der Waals surface area (Å²) in [4.78, 5) is 10.8. The second-order valence-electron chi connectivity index (χ2n) is 4.59. The fourth-order valence-corrected chi connectivity index (χ4v) is 1.67. The van der Waals surface area contributed by atoms with Crippen LogP contribution in [0.2, 0.25) is 0 Å². The smallest absolute Gasteiger partial charge is 0.276 e. The first kappa shape index (κ1) is 13.1. The summed E-state index contributed by atoms with van der Waals surface area (Å²) >= 11 is 3.70. The van der Waals surface area contributed by atoms with E-state index >= 15 is 0 Å². The first-order valence-electron chi connectivity index (χ1n) is 5.52. The van der Waals surface area contributed by atoms with E-state index in [1.807, 2.05) is 0 Å². The number of thiol groups is 1. The lowest BCUT2D eigenvalue weighted by atomic mass is 9.84. The van der Waals surface area contributed by atoms with E-state index in [1.165, 1.54) is 11.1 Å². The Bertz CT molecular complexity index is 357. The molecule has 0 aromatic heterocycles. The van der Waals surface area contributed by atoms with Gasteiger partial charge < -0.3 is 5.32 Å². The summed E-state index contributed by atoms with van der Waals surface area (Å²) < 4.78 is 0. The van der Waals surface area contributed by atoms with Gasteiger partial charge in [-0.25, -0.2) is 0 Å². The molecule has 0 bridgehead atoms. The maximum atomic E-state index is 10.8. The molecule has 1 aromatic carbocycles. The lowest BCUT2D eigenvalue weighted by Gasteiger charge is -2.25. The molecule has 1 amide bonds. The third-order valence-corrected chi connectivity index (χ3v) is 2.98. The number of carbonyl (C=O) groups excluding carboxylic acids is 1. The third-order valence-electron chi connectivity index (χ3n) is 2.83. The van der Waals surface area contributed by atoms with Crippen LogP contribution < -0.4 is 5.32 Å². The molecule has 2 nitrogen and oxygen atoms in total. The number of aryl methyl sites for hydroxylation is 1. The molecule has 0 saturated carbocycles. The van der Waals surface area contributed by atoms with Crippen molar-refractivity contribution < 1.29 is 4.79 Å². The molecule has 0 saturated heterocycles. The van der Waals surface area contributed by atoms with Gasteiger partial charge in [0.2, 0.25) is 0 Å². The van der Waals surface area contributed by atoms with Crippen LogP contribution >= 0.6 is 12.6 Å². The molecular formula is C13H19NOS. The van der Waals surface area contributed by atoms with Crippen molar-refractivity contribution in [1.82, 2.24) is 5.32 Å². The highest BCUT2D eigenvalue weighted by atomic mass is 32.1. The minimum absolute atomic E-state index is 0.0648. The quantitative estimate of drug-likeness (QED) is 0.774. The minimum atomic E-state index is -0.279. The number of benzene rings is 1. The normalized spacial score (nSPS) is 11.2. The number of nitrogens with one attached hydrogen (secondary N) is 1. The van der Waals surface area contributed by atoms with Gasteiger partial charge in [0, 0.05) is 12.0 Å². The fourth-order valence-electron chi connectivity index (χ4n) is 1.59. The molecule has 1 rings (SSSR count). The molecule has 0 aliphatic heterocycles. The van der Waals surface area contributed by atoms with Gasteiger partial charge in [0.25, 0.3) is 5.24 Å². The van der Waals surface area contributed by atoms with Crippen LogP contribution in [0.3, 0.4) is 0 Å². The van der Waals surface area contributed by atoms with Gasteiger partial charge in [-0.3, -0.25) is 4.79 Å². The van der Waals surface area contributed by atoms with E-state index in [2.05, 4.69) is 63.0 Å². The van der Waals surface area contributed by atoms with Crippen molar-refractivity contribution in [3.05, 3.63) is 35.4 Å². The predicted octanol–water partition coefficient (Wildman–Crippen LogP) is 3.17. The van der Waals surface area contributed by atoms with Crippen LogP contribution in [-0.2, 0) is 11.8 Å². The highest BCUT2D eigenvalue weighted by Gasteiger charge is 2.20. The van der Waals surface area contributed by atoms with Crippen molar-refractivity contribution in [2.75, 3.05) is 6.54 Å². The molecular weight excluding hydrogens is 218 g/mol. The predicted molar refractivity (Wildman–Crippen MR) is 71.2 cm³/mol. The summed E-state index contributed by atoms with van der Waals surface area (Å²) in [7, 11) is 0. The molecule has 1 N–H and O–H groups in total. The van der Waals surface area contributed by atoms with Crippen molar-refractivity contribution in [2.45, 2.75) is 32.6 Å². The summed E-state index contributed by atoms with van der Waals surface area (Å²) in [6.45, 7) is 6.96. The van der Waals surface area contributed by atoms with Gasteiger partial charge in [-0.05, 0) is 17.5 Å². The maximum Gasteiger partial charge on any atom is 0.276 e. The maximum absolute atomic E-state index is 10.8. The summed E-state index contributed by atoms with van der Waals surface area (Å²) in [6.07, 6.45) is 1.05. The van der Waals surface area contributed by atoms with Crippen molar-refractivity contribution in [1.29, 1.82) is 0 Å². The lowest BCUT2D eigenvalue weighted by Crippen LogP contribution is -2.34. The van der Waals surface area contributed by atoms with E-state index in [4.69, 9.17) is 0 Å². The lowest BCUT2D eigenvalue weighted by molar-refractivity contribution is 0.259. The zero-order chi connectivity index (χ0) is 12.2. The summed E-state index contributed by atoms with van der Waals surface area (Å²) in [5.74, 6) is 0. The Morgan fingerprint density at radius 1 is 1.31 bits per heavy atom. The van der Waals surface area contributed by atoms with Crippen molar-refractivity contribution >= 4 is 17.9 Å². The molecule has 3 heteroatoms. The Labute approximate surface area is 103 Å². The topological polar surface area (TPSA) is 29.1 Å². The summed E-state index contributed by atoms with van der Waals surface area (Å²) in [6, 6.07) is 8.53. The van der Waals surface area contributed by atoms with Gasteiger partial charge in [0.1, 0.15) is 0 Å². The molecule has 0 spiro atoms. The molecule has 0 heterocycles. The third kappa shape index (κ3) is 3.56. The van der Waals surface area contributed by atoms with Gasteiger partial charge in [0.05, 0.1) is 0 Å². The fraction of sp³-hybridized carbons (Fsp3) is 0.462. The van der Waals surface area contributed by atoms with Crippen LogP contribution in [-0.4, -0.2) is 11.8 Å². The Hall–Kier alpha value is -0.960. The summed E-state index contributed by atoms with van der Waals surface area (Å²) in [5.41, 5.74) is 2.49. The highest BCUT2D eigenvalue weighted by molar-refractivity contribution is 7.96. The van der Waals surface area contributed by atoms with Gasteiger partial charge in [0.15, 0.2) is 0 Å². The molecule has 0 unspecified atom stereocenters. The Morgan fingerprint density at radius 2 is 1.88 bits per heavy atom. The number of carbonyl (C=O) groups is 1. The van der Waals surface area contributed by atoms with Crippen LogP contribution in [0.1, 0.15) is 31.9 Å². The van der Waals surface area contributed by atoms with Gasteiger partial charge >= 0.3 is 0 Å². The molecule has 88 valence electrons. The van der Waals surface area contributed by atoms with Crippen LogP contribution in [0.5, 0.6) is 0 Å². The SMILES string of the molecule is CCc1ccc(C(C)(C)CNC(=O)S)cc1. The van der Waals surface area contributed by atoms with Crippen molar-refractivity contribution in [2.24, 2.45) is 0 Å². The average Bonchev–Trinajstić information content (AvgIpc) is 2.27. The van der Waals surface area contributed by atoms with E-state index in [0.717, 1.165) is 6.42 Å². The first-order valence-corrected chi connectivity index (χ1v) is 5.96. The Morgan fingerprint density at radius 3 is 2.31 bits per heavy atom. The van der Waals surface area contributed by atoms with Crippen LogP contribution in [0.25, 0.3) is 0 Å². The van der Waals surface area contributed by atoms with E-state index in [0.29, 0.717) is 6.54 Å². The molecule has 0 aliphatic carbocycles. The van der Waals surface area contributed by atoms with E-state index < -0.39 is 0 Å². The van der Waals surface area contributed by atoms with Crippen LogP contribution in [0, 0.1) is 0 Å². The van der Waals surface area contributed by atoms with E-state index in [-0.39, 0.29) is 10.7 Å². The zero-order valence-corrected chi connectivity index (χ0v) is 11.0. The number of hydrogen-bond acceptors (Lipinski definition) is 1. The molecule has 1 aromatic rings. The van der Waals surface area contributed by atoms with Gasteiger partial charge in [-0.15, -0.1) is 0 Å². The standard InChI is InChI=1S/C13H19NOS/c1-4-10-5-7-11(8-6-10)13(2,3)9-14-12(15)16/h5-8H,4,9H2,1-3H3,(H2,14,15,16). The van der Waals surface area contributed by atoms with Crippen LogP contribution in [0.15, 0.2) is 24.3 Å². The molecule has 0 atom stereocenters. The monoisotopic (exact) mass is 237 g/mol. The second kappa shape index (κ2) is 5.39. The van der Waals surface area contributed by atoms with Crippen molar-refractivity contribution in [3.8, 4) is 0 Å². The van der Waals surface area contributed by atoms with Gasteiger partial charge in [-0.1, -0.05) is 57.7 Å². The minimum Gasteiger partial charge on any atom is -0.346 e. The molecule has 0 aliphatic rings. The second-order valence-corrected chi connectivity index (χ2v) is 5.00. The summed E-state index contributed by atoms with van der Waals surface area (Å²) in [5, 5.41) is 2.46. The van der Waals surface area contributed by atoms with Gasteiger partial charge in [-0.2, -0.15) is 0 Å². The first-order chi connectivity index (χ1) is 7.45. The molecule has 16 heavy (non-hydrogen) atoms.